The van der Waals surface area contributed by atoms with Gasteiger partial charge in [0.05, 0.1) is 17.6 Å². The predicted molar refractivity (Wildman–Crippen MR) is 110 cm³/mol. The number of nitro groups is 1. The molecule has 0 unspecified atom stereocenters. The average Bonchev–Trinajstić information content (AvgIpc) is 2.96. The third kappa shape index (κ3) is 4.55. The van der Waals surface area contributed by atoms with Gasteiger partial charge >= 0.3 is 0 Å². The Morgan fingerprint density at radius 3 is 2.69 bits per heavy atom. The summed E-state index contributed by atoms with van der Waals surface area (Å²) < 4.78 is 2.01. The summed E-state index contributed by atoms with van der Waals surface area (Å²) >= 11 is 0. The zero-order valence-electron chi connectivity index (χ0n) is 16.4. The number of rotatable bonds is 6. The normalized spacial score (nSPS) is 11.0. The van der Waals surface area contributed by atoms with E-state index >= 15 is 0 Å². The number of aryl methyl sites for hydroxylation is 2. The van der Waals surface area contributed by atoms with Gasteiger partial charge in [0.1, 0.15) is 5.82 Å². The standard InChI is InChI=1S/C21H21N5O3/c1-14-8-9-20(22-12-14)25-15(2)10-18(16(25)3)13-23-24-21(27)11-17-6-4-5-7-19(17)26(28)29/h4-10,12-13H,11H2,1-3H3,(H,24,27)/b23-13+. The maximum Gasteiger partial charge on any atom is 0.273 e. The van der Waals surface area contributed by atoms with Gasteiger partial charge in [-0.1, -0.05) is 24.3 Å². The molecular weight excluding hydrogens is 370 g/mol. The highest BCUT2D eigenvalue weighted by atomic mass is 16.6. The number of nitrogens with zero attached hydrogens (tertiary/aromatic N) is 4. The highest BCUT2D eigenvalue weighted by molar-refractivity contribution is 5.85. The van der Waals surface area contributed by atoms with E-state index in [4.69, 9.17) is 0 Å². The number of hydrogen-bond acceptors (Lipinski definition) is 5. The Kier molecular flexibility index (Phi) is 5.82. The van der Waals surface area contributed by atoms with Crippen molar-refractivity contribution in [2.24, 2.45) is 5.10 Å². The third-order valence-electron chi connectivity index (χ3n) is 4.53. The van der Waals surface area contributed by atoms with Crippen molar-refractivity contribution in [3.63, 3.8) is 0 Å². The molecule has 0 aliphatic rings. The summed E-state index contributed by atoms with van der Waals surface area (Å²) in [6, 6.07) is 12.1. The maximum absolute atomic E-state index is 12.1. The summed E-state index contributed by atoms with van der Waals surface area (Å²) in [5.41, 5.74) is 6.55. The second-order valence-corrected chi connectivity index (χ2v) is 6.71. The van der Waals surface area contributed by atoms with Gasteiger partial charge in [-0.05, 0) is 38.5 Å². The second-order valence-electron chi connectivity index (χ2n) is 6.71. The Morgan fingerprint density at radius 1 is 1.24 bits per heavy atom. The number of nitro benzene ring substituents is 1. The van der Waals surface area contributed by atoms with Crippen LogP contribution in [0.4, 0.5) is 5.69 Å². The number of nitrogens with one attached hydrogen (secondary N) is 1. The first-order valence-electron chi connectivity index (χ1n) is 9.03. The number of benzene rings is 1. The number of carbonyl (C=O) groups excluding carboxylic acids is 1. The van der Waals surface area contributed by atoms with Crippen molar-refractivity contribution in [2.75, 3.05) is 0 Å². The molecular formula is C21H21N5O3. The molecule has 0 saturated carbocycles. The first-order valence-corrected chi connectivity index (χ1v) is 9.03. The number of amides is 1. The van der Waals surface area contributed by atoms with E-state index in [9.17, 15) is 14.9 Å². The molecule has 8 heteroatoms. The Hall–Kier alpha value is -3.81. The third-order valence-corrected chi connectivity index (χ3v) is 4.53. The number of carbonyl (C=O) groups is 1. The van der Waals surface area contributed by atoms with Gasteiger partial charge in [0.15, 0.2) is 0 Å². The molecule has 29 heavy (non-hydrogen) atoms. The molecule has 3 aromatic rings. The van der Waals surface area contributed by atoms with Crippen LogP contribution in [0.2, 0.25) is 0 Å². The lowest BCUT2D eigenvalue weighted by atomic mass is 10.1. The number of aromatic nitrogens is 2. The highest BCUT2D eigenvalue weighted by Crippen LogP contribution is 2.19. The molecule has 0 aliphatic carbocycles. The number of para-hydroxylation sites is 1. The van der Waals surface area contributed by atoms with Gasteiger partial charge in [-0.2, -0.15) is 5.10 Å². The Morgan fingerprint density at radius 2 is 2.00 bits per heavy atom. The number of hydrogen-bond donors (Lipinski definition) is 1. The minimum absolute atomic E-state index is 0.0826. The monoisotopic (exact) mass is 391 g/mol. The van der Waals surface area contributed by atoms with Crippen LogP contribution in [0, 0.1) is 30.9 Å². The summed E-state index contributed by atoms with van der Waals surface area (Å²) in [6.07, 6.45) is 3.25. The predicted octanol–water partition coefficient (Wildman–Crippen LogP) is 3.40. The van der Waals surface area contributed by atoms with Crippen LogP contribution in [0.3, 0.4) is 0 Å². The van der Waals surface area contributed by atoms with Gasteiger partial charge in [-0.25, -0.2) is 10.4 Å². The van der Waals surface area contributed by atoms with Crippen molar-refractivity contribution in [1.29, 1.82) is 0 Å². The van der Waals surface area contributed by atoms with Crippen molar-refractivity contribution in [2.45, 2.75) is 27.2 Å². The topological polar surface area (TPSA) is 102 Å². The Labute approximate surface area is 168 Å². The van der Waals surface area contributed by atoms with E-state index in [1.807, 2.05) is 49.7 Å². The summed E-state index contributed by atoms with van der Waals surface area (Å²) in [5, 5.41) is 15.1. The molecule has 0 saturated heterocycles. The molecule has 1 aromatic carbocycles. The van der Waals surface area contributed by atoms with Crippen LogP contribution in [0.1, 0.15) is 28.1 Å². The van der Waals surface area contributed by atoms with Crippen molar-refractivity contribution >= 4 is 17.8 Å². The molecule has 0 spiro atoms. The van der Waals surface area contributed by atoms with Gasteiger partial charge in [0, 0.05) is 34.8 Å². The molecule has 0 bridgehead atoms. The molecule has 0 atom stereocenters. The first kappa shape index (κ1) is 19.9. The van der Waals surface area contributed by atoms with Gasteiger partial charge in [0.25, 0.3) is 5.69 Å². The highest BCUT2D eigenvalue weighted by Gasteiger charge is 2.15. The fraction of sp³-hybridized carbons (Fsp3) is 0.190. The number of hydrazone groups is 1. The SMILES string of the molecule is Cc1ccc(-n2c(C)cc(/C=N/NC(=O)Cc3ccccc3[N+](=O)[O-])c2C)nc1. The summed E-state index contributed by atoms with van der Waals surface area (Å²) in [5.74, 6) is 0.384. The average molecular weight is 391 g/mol. The summed E-state index contributed by atoms with van der Waals surface area (Å²) in [6.45, 7) is 5.90. The van der Waals surface area contributed by atoms with Crippen molar-refractivity contribution in [3.05, 3.63) is 86.9 Å². The largest absolute Gasteiger partial charge is 0.303 e. The van der Waals surface area contributed by atoms with E-state index in [0.29, 0.717) is 5.56 Å². The smallest absolute Gasteiger partial charge is 0.273 e. The van der Waals surface area contributed by atoms with E-state index in [2.05, 4.69) is 15.5 Å². The Balaban J connectivity index is 1.71. The van der Waals surface area contributed by atoms with E-state index in [1.54, 1.807) is 24.4 Å². The molecule has 0 radical (unpaired) electrons. The Bertz CT molecular complexity index is 1080. The van der Waals surface area contributed by atoms with E-state index in [-0.39, 0.29) is 12.1 Å². The van der Waals surface area contributed by atoms with Crippen molar-refractivity contribution in [3.8, 4) is 5.82 Å². The minimum Gasteiger partial charge on any atom is -0.303 e. The summed E-state index contributed by atoms with van der Waals surface area (Å²) in [4.78, 5) is 27.1. The van der Waals surface area contributed by atoms with Gasteiger partial charge < -0.3 is 4.57 Å². The molecule has 0 aliphatic heterocycles. The van der Waals surface area contributed by atoms with Gasteiger partial charge in [-0.3, -0.25) is 14.9 Å². The molecule has 3 rings (SSSR count). The van der Waals surface area contributed by atoms with E-state index in [0.717, 1.165) is 28.3 Å². The molecule has 1 N–H and O–H groups in total. The van der Waals surface area contributed by atoms with Crippen LogP contribution in [0.25, 0.3) is 5.82 Å². The zero-order valence-corrected chi connectivity index (χ0v) is 16.4. The molecule has 1 amide bonds. The van der Waals surface area contributed by atoms with E-state index < -0.39 is 10.8 Å². The molecule has 2 heterocycles. The van der Waals surface area contributed by atoms with Gasteiger partial charge in [-0.15, -0.1) is 0 Å². The molecule has 8 nitrogen and oxygen atoms in total. The molecule has 2 aromatic heterocycles. The first-order chi connectivity index (χ1) is 13.9. The lowest BCUT2D eigenvalue weighted by molar-refractivity contribution is -0.385. The minimum atomic E-state index is -0.500. The van der Waals surface area contributed by atoms with Crippen LogP contribution in [0.15, 0.2) is 53.8 Å². The van der Waals surface area contributed by atoms with Crippen LogP contribution in [0.5, 0.6) is 0 Å². The fourth-order valence-electron chi connectivity index (χ4n) is 3.09. The lowest BCUT2D eigenvalue weighted by Crippen LogP contribution is -2.20. The van der Waals surface area contributed by atoms with Crippen molar-refractivity contribution < 1.29 is 9.72 Å². The molecule has 0 fully saturated rings. The van der Waals surface area contributed by atoms with Crippen LogP contribution in [-0.2, 0) is 11.2 Å². The fourth-order valence-corrected chi connectivity index (χ4v) is 3.09. The lowest BCUT2D eigenvalue weighted by Gasteiger charge is -2.08. The quantitative estimate of drug-likeness (QED) is 0.395. The number of pyridine rings is 1. The second kappa shape index (κ2) is 8.47. The van der Waals surface area contributed by atoms with Crippen molar-refractivity contribution in [1.82, 2.24) is 15.0 Å². The van der Waals surface area contributed by atoms with Gasteiger partial charge in [0.2, 0.25) is 5.91 Å². The maximum atomic E-state index is 12.1. The van der Waals surface area contributed by atoms with E-state index in [1.165, 1.54) is 6.07 Å². The molecule has 148 valence electrons. The van der Waals surface area contributed by atoms with Crippen LogP contribution < -0.4 is 5.43 Å². The van der Waals surface area contributed by atoms with Crippen LogP contribution >= 0.6 is 0 Å². The van der Waals surface area contributed by atoms with Crippen LogP contribution in [-0.4, -0.2) is 26.6 Å². The zero-order chi connectivity index (χ0) is 21.0. The summed E-state index contributed by atoms with van der Waals surface area (Å²) in [7, 11) is 0.